The van der Waals surface area contributed by atoms with Crippen molar-refractivity contribution in [3.05, 3.63) is 132 Å². The van der Waals surface area contributed by atoms with Gasteiger partial charge in [0.2, 0.25) is 5.91 Å². The molecule has 2 aliphatic rings. The van der Waals surface area contributed by atoms with Crippen molar-refractivity contribution in [2.45, 2.75) is 84.3 Å². The molecular formula is C50H61N9O5. The quantitative estimate of drug-likeness (QED) is 0.0692. The predicted octanol–water partition coefficient (Wildman–Crippen LogP) is 6.01. The van der Waals surface area contributed by atoms with E-state index in [0.29, 0.717) is 52.0 Å². The fourth-order valence-corrected chi connectivity index (χ4v) is 8.80. The highest BCUT2D eigenvalue weighted by atomic mass is 16.3. The monoisotopic (exact) mass is 867 g/mol. The number of para-hydroxylation sites is 1. The molecule has 7 rings (SSSR count). The number of hydrogen-bond acceptors (Lipinski definition) is 8. The molecule has 2 aromatic heterocycles. The molecule has 14 nitrogen and oxygen atoms in total. The molecule has 0 bridgehead atoms. The second-order valence-electron chi connectivity index (χ2n) is 17.1. The highest BCUT2D eigenvalue weighted by Crippen LogP contribution is 2.26. The average molecular weight is 868 g/mol. The van der Waals surface area contributed by atoms with E-state index in [4.69, 9.17) is 0 Å². The first-order chi connectivity index (χ1) is 31.0. The molecule has 0 spiro atoms. The summed E-state index contributed by atoms with van der Waals surface area (Å²) < 4.78 is 0. The van der Waals surface area contributed by atoms with E-state index in [1.807, 2.05) is 131 Å². The number of hydrazine groups is 1. The number of hydrogen-bond donors (Lipinski definition) is 4. The van der Waals surface area contributed by atoms with Gasteiger partial charge in [0, 0.05) is 69.2 Å². The SMILES string of the molecule is CCC(C)C(C(=O)NN(Cc1ccc(-c2ccccn2)cc1)CC(O)C(Cc1ccccc1)NC(=O)C(C(C)CC)N1CCN(Cc2ccnc3ccccc23)C1=O)N1CCNC1=O. The maximum atomic E-state index is 14.7. The van der Waals surface area contributed by atoms with Crippen LogP contribution in [0.25, 0.3) is 22.2 Å². The summed E-state index contributed by atoms with van der Waals surface area (Å²) in [5.41, 5.74) is 8.46. The molecule has 6 unspecified atom stereocenters. The van der Waals surface area contributed by atoms with Crippen LogP contribution < -0.4 is 16.1 Å². The van der Waals surface area contributed by atoms with E-state index in [1.54, 1.807) is 32.1 Å². The Balaban J connectivity index is 1.14. The topological polar surface area (TPSA) is 163 Å². The van der Waals surface area contributed by atoms with Crippen LogP contribution in [0.3, 0.4) is 0 Å². The second kappa shape index (κ2) is 21.3. The minimum absolute atomic E-state index is 0.0603. The van der Waals surface area contributed by atoms with Gasteiger partial charge in [-0.15, -0.1) is 0 Å². The van der Waals surface area contributed by atoms with Crippen molar-refractivity contribution in [1.82, 2.24) is 45.7 Å². The molecule has 2 saturated heterocycles. The lowest BCUT2D eigenvalue weighted by Crippen LogP contribution is -2.59. The van der Waals surface area contributed by atoms with Gasteiger partial charge in [-0.3, -0.25) is 25.0 Å². The predicted molar refractivity (Wildman–Crippen MR) is 247 cm³/mol. The van der Waals surface area contributed by atoms with Gasteiger partial charge >= 0.3 is 12.1 Å². The van der Waals surface area contributed by atoms with Crippen LogP contribution in [0, 0.1) is 11.8 Å². The summed E-state index contributed by atoms with van der Waals surface area (Å²) in [7, 11) is 0. The molecule has 64 heavy (non-hydrogen) atoms. The summed E-state index contributed by atoms with van der Waals surface area (Å²) in [6.07, 6.45) is 3.92. The lowest BCUT2D eigenvalue weighted by molar-refractivity contribution is -0.134. The third kappa shape index (κ3) is 10.9. The van der Waals surface area contributed by atoms with Crippen molar-refractivity contribution in [2.75, 3.05) is 32.7 Å². The molecule has 2 fully saturated rings. The molecule has 14 heteroatoms. The van der Waals surface area contributed by atoms with E-state index in [-0.39, 0.29) is 48.8 Å². The van der Waals surface area contributed by atoms with Crippen LogP contribution in [0.1, 0.15) is 57.2 Å². The van der Waals surface area contributed by atoms with Gasteiger partial charge < -0.3 is 30.4 Å². The van der Waals surface area contributed by atoms with Gasteiger partial charge in [0.1, 0.15) is 12.1 Å². The number of carbonyl (C=O) groups is 4. The molecular weight excluding hydrogens is 807 g/mol. The van der Waals surface area contributed by atoms with Crippen LogP contribution in [0.2, 0.25) is 0 Å². The van der Waals surface area contributed by atoms with E-state index in [1.165, 1.54) is 0 Å². The summed E-state index contributed by atoms with van der Waals surface area (Å²) in [6, 6.07) is 30.2. The molecule has 4 N–H and O–H groups in total. The number of nitrogens with zero attached hydrogens (tertiary/aromatic N) is 6. The number of aliphatic hydroxyl groups excluding tert-OH is 1. The Labute approximate surface area is 376 Å². The van der Waals surface area contributed by atoms with Gasteiger partial charge in [-0.2, -0.15) is 0 Å². The van der Waals surface area contributed by atoms with Crippen molar-refractivity contribution in [1.29, 1.82) is 0 Å². The number of amides is 6. The minimum Gasteiger partial charge on any atom is -0.390 e. The molecule has 4 heterocycles. The Morgan fingerprint density at radius 3 is 2.16 bits per heavy atom. The molecule has 6 amide bonds. The zero-order valence-corrected chi connectivity index (χ0v) is 37.3. The Kier molecular flexibility index (Phi) is 15.2. The number of pyridine rings is 2. The third-order valence-corrected chi connectivity index (χ3v) is 12.7. The number of carbonyl (C=O) groups excluding carboxylic acids is 4. The first-order valence-electron chi connectivity index (χ1n) is 22.5. The standard InChI is InChI=1S/C50H61N9O5/c1-5-34(3)45(59-29-28-56(50(59)64)32-39-23-25-52-42-18-11-10-16-40(39)42)47(61)54-43(30-36-14-8-7-9-15-36)44(60)33-57(31-37-19-21-38(22-20-37)41-17-12-13-24-51-41)55-48(62)46(35(4)6-2)58-27-26-53-49(58)63/h7-25,34-35,43-46,60H,5-6,26-33H2,1-4H3,(H,53,63)(H,54,61)(H,55,62). The summed E-state index contributed by atoms with van der Waals surface area (Å²) >= 11 is 0. The Bertz CT molecular complexity index is 2350. The average Bonchev–Trinajstić information content (AvgIpc) is 3.90. The maximum absolute atomic E-state index is 14.7. The number of benzene rings is 3. The lowest BCUT2D eigenvalue weighted by Gasteiger charge is -2.36. The highest BCUT2D eigenvalue weighted by Gasteiger charge is 2.41. The number of aromatic nitrogens is 2. The Hall–Kier alpha value is -6.38. The summed E-state index contributed by atoms with van der Waals surface area (Å²) in [4.78, 5) is 70.2. The van der Waals surface area contributed by atoms with Crippen LogP contribution in [-0.2, 0) is 29.1 Å². The van der Waals surface area contributed by atoms with E-state index < -0.39 is 24.2 Å². The fourth-order valence-electron chi connectivity index (χ4n) is 8.80. The smallest absolute Gasteiger partial charge is 0.321 e. The summed E-state index contributed by atoms with van der Waals surface area (Å²) in [5, 5.41) is 21.0. The van der Waals surface area contributed by atoms with Crippen LogP contribution >= 0.6 is 0 Å². The highest BCUT2D eigenvalue weighted by molar-refractivity contribution is 5.89. The van der Waals surface area contributed by atoms with Crippen LogP contribution in [0.4, 0.5) is 9.59 Å². The van der Waals surface area contributed by atoms with Gasteiger partial charge in [-0.1, -0.05) is 119 Å². The number of nitrogens with one attached hydrogen (secondary N) is 3. The molecule has 5 aromatic rings. The van der Waals surface area contributed by atoms with Crippen molar-refractivity contribution in [3.63, 3.8) is 0 Å². The number of fused-ring (bicyclic) bond motifs is 1. The summed E-state index contributed by atoms with van der Waals surface area (Å²) in [5.74, 6) is -1.05. The zero-order valence-electron chi connectivity index (χ0n) is 37.3. The molecule has 0 radical (unpaired) electrons. The van der Waals surface area contributed by atoms with Gasteiger partial charge in [-0.25, -0.2) is 14.6 Å². The zero-order chi connectivity index (χ0) is 45.2. The largest absolute Gasteiger partial charge is 0.390 e. The van der Waals surface area contributed by atoms with Gasteiger partial charge in [0.05, 0.1) is 23.4 Å². The number of aliphatic hydroxyl groups is 1. The Morgan fingerprint density at radius 1 is 0.766 bits per heavy atom. The van der Waals surface area contributed by atoms with Crippen molar-refractivity contribution in [3.8, 4) is 11.3 Å². The first-order valence-corrected chi connectivity index (χ1v) is 22.5. The number of urea groups is 2. The van der Waals surface area contributed by atoms with E-state index >= 15 is 0 Å². The maximum Gasteiger partial charge on any atom is 0.321 e. The Morgan fingerprint density at radius 2 is 1.47 bits per heavy atom. The van der Waals surface area contributed by atoms with E-state index in [0.717, 1.165) is 38.9 Å². The first kappa shape index (κ1) is 45.6. The summed E-state index contributed by atoms with van der Waals surface area (Å²) in [6.45, 7) is 10.2. The van der Waals surface area contributed by atoms with Gasteiger partial charge in [0.15, 0.2) is 0 Å². The number of rotatable bonds is 20. The third-order valence-electron chi connectivity index (χ3n) is 12.7. The molecule has 0 aliphatic carbocycles. The molecule has 336 valence electrons. The molecule has 0 saturated carbocycles. The van der Waals surface area contributed by atoms with Crippen LogP contribution in [-0.4, -0.2) is 116 Å². The second-order valence-corrected chi connectivity index (χ2v) is 17.1. The van der Waals surface area contributed by atoms with E-state index in [9.17, 15) is 24.3 Å². The van der Waals surface area contributed by atoms with Crippen molar-refractivity contribution >= 4 is 34.8 Å². The van der Waals surface area contributed by atoms with Crippen molar-refractivity contribution in [2.24, 2.45) is 11.8 Å². The molecule has 3 aromatic carbocycles. The molecule has 2 aliphatic heterocycles. The lowest BCUT2D eigenvalue weighted by atomic mass is 9.95. The van der Waals surface area contributed by atoms with Gasteiger partial charge in [-0.05, 0) is 59.2 Å². The van der Waals surface area contributed by atoms with Gasteiger partial charge in [0.25, 0.3) is 5.91 Å². The molecule has 6 atom stereocenters. The normalized spacial score (nSPS) is 16.9. The van der Waals surface area contributed by atoms with Crippen molar-refractivity contribution < 1.29 is 24.3 Å². The van der Waals surface area contributed by atoms with Crippen LogP contribution in [0.15, 0.2) is 116 Å². The fraction of sp³-hybridized carbons (Fsp3) is 0.400. The van der Waals surface area contributed by atoms with E-state index in [2.05, 4.69) is 26.0 Å². The van der Waals surface area contributed by atoms with Crippen LogP contribution in [0.5, 0.6) is 0 Å². The minimum atomic E-state index is -1.18.